The summed E-state index contributed by atoms with van der Waals surface area (Å²) in [6.45, 7) is 5.60. The second-order valence-corrected chi connectivity index (χ2v) is 10.2. The average Bonchev–Trinajstić information content (AvgIpc) is 3.54. The molecule has 0 atom stereocenters. The Morgan fingerprint density at radius 3 is 2.61 bits per heavy atom. The van der Waals surface area contributed by atoms with E-state index in [4.69, 9.17) is 0 Å². The lowest BCUT2D eigenvalue weighted by molar-refractivity contribution is 0.0704. The Kier molecular flexibility index (Phi) is 6.77. The molecule has 0 radical (unpaired) electrons. The van der Waals surface area contributed by atoms with Crippen molar-refractivity contribution in [2.75, 3.05) is 26.7 Å². The SMILES string of the molecule is Cc1cc2nnc(C(=O)N3CCC(c4nc(C(=O)N(C)CCc5ccccc5)cs4)CC3)c(C)n2n1. The maximum Gasteiger partial charge on any atom is 0.276 e. The number of nitrogens with zero attached hydrogens (tertiary/aromatic N) is 7. The van der Waals surface area contributed by atoms with Crippen molar-refractivity contribution in [3.8, 4) is 0 Å². The molecular formula is C26H29N7O2S. The Labute approximate surface area is 213 Å². The van der Waals surface area contributed by atoms with E-state index in [0.29, 0.717) is 42.4 Å². The van der Waals surface area contributed by atoms with Crippen LogP contribution in [-0.4, -0.2) is 73.1 Å². The highest BCUT2D eigenvalue weighted by Crippen LogP contribution is 2.31. The van der Waals surface area contributed by atoms with Crippen LogP contribution in [0.5, 0.6) is 0 Å². The average molecular weight is 504 g/mol. The molecule has 3 aromatic heterocycles. The number of hydrogen-bond acceptors (Lipinski definition) is 7. The first-order valence-electron chi connectivity index (χ1n) is 12.1. The molecule has 4 heterocycles. The van der Waals surface area contributed by atoms with Crippen molar-refractivity contribution in [2.24, 2.45) is 0 Å². The molecule has 5 rings (SSSR count). The van der Waals surface area contributed by atoms with E-state index < -0.39 is 0 Å². The van der Waals surface area contributed by atoms with E-state index >= 15 is 0 Å². The van der Waals surface area contributed by atoms with Gasteiger partial charge in [-0.2, -0.15) is 5.10 Å². The van der Waals surface area contributed by atoms with Gasteiger partial charge >= 0.3 is 0 Å². The van der Waals surface area contributed by atoms with Crippen LogP contribution in [0.15, 0.2) is 41.8 Å². The second-order valence-electron chi connectivity index (χ2n) is 9.29. The van der Waals surface area contributed by atoms with Crippen LogP contribution in [-0.2, 0) is 6.42 Å². The van der Waals surface area contributed by atoms with Crippen molar-refractivity contribution in [1.29, 1.82) is 0 Å². The second kappa shape index (κ2) is 10.1. The Morgan fingerprint density at radius 1 is 1.11 bits per heavy atom. The van der Waals surface area contributed by atoms with Crippen molar-refractivity contribution in [1.82, 2.24) is 34.6 Å². The highest BCUT2D eigenvalue weighted by Gasteiger charge is 2.29. The van der Waals surface area contributed by atoms with Crippen molar-refractivity contribution in [3.63, 3.8) is 0 Å². The van der Waals surface area contributed by atoms with E-state index in [1.807, 2.05) is 55.4 Å². The van der Waals surface area contributed by atoms with Crippen LogP contribution in [0.25, 0.3) is 5.65 Å². The summed E-state index contributed by atoms with van der Waals surface area (Å²) in [5.41, 5.74) is 4.21. The van der Waals surface area contributed by atoms with E-state index in [9.17, 15) is 9.59 Å². The summed E-state index contributed by atoms with van der Waals surface area (Å²) in [5.74, 6) is 0.0570. The number of likely N-dealkylation sites (N-methyl/N-ethyl adjacent to an activating group) is 1. The molecule has 1 aliphatic heterocycles. The fourth-order valence-corrected chi connectivity index (χ4v) is 5.53. The maximum atomic E-state index is 13.2. The number of piperidine rings is 1. The molecule has 186 valence electrons. The van der Waals surface area contributed by atoms with Crippen molar-refractivity contribution >= 4 is 28.8 Å². The molecule has 0 N–H and O–H groups in total. The van der Waals surface area contributed by atoms with Crippen LogP contribution in [0.3, 0.4) is 0 Å². The van der Waals surface area contributed by atoms with Gasteiger partial charge in [0.05, 0.1) is 16.4 Å². The van der Waals surface area contributed by atoms with Gasteiger partial charge in [0.1, 0.15) is 5.69 Å². The molecule has 1 aromatic carbocycles. The summed E-state index contributed by atoms with van der Waals surface area (Å²) < 4.78 is 1.67. The van der Waals surface area contributed by atoms with Gasteiger partial charge in [0.25, 0.3) is 11.8 Å². The lowest BCUT2D eigenvalue weighted by Crippen LogP contribution is -2.39. The van der Waals surface area contributed by atoms with Crippen molar-refractivity contribution in [3.05, 3.63) is 75.1 Å². The molecule has 0 spiro atoms. The number of aryl methyl sites for hydroxylation is 2. The number of thiazole rings is 1. The lowest BCUT2D eigenvalue weighted by atomic mass is 9.97. The highest BCUT2D eigenvalue weighted by atomic mass is 32.1. The fraction of sp³-hybridized carbons (Fsp3) is 0.385. The zero-order valence-electron chi connectivity index (χ0n) is 20.7. The highest BCUT2D eigenvalue weighted by molar-refractivity contribution is 7.09. The third kappa shape index (κ3) is 4.86. The van der Waals surface area contributed by atoms with Gasteiger partial charge in [0, 0.05) is 44.0 Å². The van der Waals surface area contributed by atoms with E-state index in [1.165, 1.54) is 16.9 Å². The zero-order valence-corrected chi connectivity index (χ0v) is 21.5. The third-order valence-corrected chi connectivity index (χ3v) is 7.73. The Balaban J connectivity index is 1.18. The number of carbonyl (C=O) groups excluding carboxylic acids is 2. The quantitative estimate of drug-likeness (QED) is 0.399. The van der Waals surface area contributed by atoms with Gasteiger partial charge in [-0.05, 0) is 38.7 Å². The van der Waals surface area contributed by atoms with Gasteiger partial charge in [-0.15, -0.1) is 21.5 Å². The maximum absolute atomic E-state index is 13.2. The first-order chi connectivity index (χ1) is 17.4. The summed E-state index contributed by atoms with van der Waals surface area (Å²) in [5, 5.41) is 15.6. The number of aromatic nitrogens is 5. The molecule has 1 aliphatic rings. The minimum Gasteiger partial charge on any atom is -0.340 e. The minimum atomic E-state index is -0.122. The fourth-order valence-electron chi connectivity index (χ4n) is 4.57. The van der Waals surface area contributed by atoms with Crippen LogP contribution in [0.1, 0.15) is 61.7 Å². The first kappa shape index (κ1) is 24.1. The van der Waals surface area contributed by atoms with Gasteiger partial charge < -0.3 is 9.80 Å². The summed E-state index contributed by atoms with van der Waals surface area (Å²) in [6.07, 6.45) is 2.40. The first-order valence-corrected chi connectivity index (χ1v) is 13.0. The van der Waals surface area contributed by atoms with Gasteiger partial charge in [-0.3, -0.25) is 9.59 Å². The molecular weight excluding hydrogens is 474 g/mol. The Hall–Kier alpha value is -3.66. The number of rotatable bonds is 6. The number of benzene rings is 1. The molecule has 0 unspecified atom stereocenters. The lowest BCUT2D eigenvalue weighted by Gasteiger charge is -2.31. The molecule has 9 nitrogen and oxygen atoms in total. The Morgan fingerprint density at radius 2 is 1.86 bits per heavy atom. The minimum absolute atomic E-state index is 0.0562. The smallest absolute Gasteiger partial charge is 0.276 e. The number of hydrogen-bond donors (Lipinski definition) is 0. The monoisotopic (exact) mass is 503 g/mol. The zero-order chi connectivity index (χ0) is 25.2. The Bertz CT molecular complexity index is 1390. The predicted octanol–water partition coefficient (Wildman–Crippen LogP) is 3.53. The predicted molar refractivity (Wildman–Crippen MR) is 137 cm³/mol. The van der Waals surface area contributed by atoms with Crippen molar-refractivity contribution < 1.29 is 9.59 Å². The van der Waals surface area contributed by atoms with Crippen LogP contribution >= 0.6 is 11.3 Å². The van der Waals surface area contributed by atoms with Gasteiger partial charge in [-0.25, -0.2) is 9.50 Å². The molecule has 0 bridgehead atoms. The summed E-state index contributed by atoms with van der Waals surface area (Å²) >= 11 is 1.53. The van der Waals surface area contributed by atoms with Crippen LogP contribution in [0.2, 0.25) is 0 Å². The van der Waals surface area contributed by atoms with E-state index in [2.05, 4.69) is 32.4 Å². The number of fused-ring (bicyclic) bond motifs is 1. The molecule has 1 saturated heterocycles. The molecule has 4 aromatic rings. The van der Waals surface area contributed by atoms with E-state index in [1.54, 1.807) is 9.42 Å². The molecule has 1 fully saturated rings. The number of carbonyl (C=O) groups is 2. The van der Waals surface area contributed by atoms with Gasteiger partial charge in [-0.1, -0.05) is 30.3 Å². The molecule has 36 heavy (non-hydrogen) atoms. The van der Waals surface area contributed by atoms with Gasteiger partial charge in [0.15, 0.2) is 11.3 Å². The summed E-state index contributed by atoms with van der Waals surface area (Å²) in [4.78, 5) is 34.3. The van der Waals surface area contributed by atoms with E-state index in [0.717, 1.165) is 30.0 Å². The van der Waals surface area contributed by atoms with Crippen LogP contribution in [0, 0.1) is 13.8 Å². The third-order valence-electron chi connectivity index (χ3n) is 6.73. The van der Waals surface area contributed by atoms with Crippen molar-refractivity contribution in [2.45, 2.75) is 39.0 Å². The van der Waals surface area contributed by atoms with Crippen LogP contribution < -0.4 is 0 Å². The summed E-state index contributed by atoms with van der Waals surface area (Å²) in [7, 11) is 1.82. The molecule has 0 aliphatic carbocycles. The van der Waals surface area contributed by atoms with Crippen LogP contribution in [0.4, 0.5) is 0 Å². The topological polar surface area (TPSA) is 96.6 Å². The standard InChI is InChI=1S/C26H29N7O2S/c1-17-15-22-28-29-23(18(2)33(22)30-17)26(35)32-13-10-20(11-14-32)24-27-21(16-36-24)25(34)31(3)12-9-19-7-5-4-6-8-19/h4-8,15-16,20H,9-14H2,1-3H3. The number of amides is 2. The molecule has 2 amide bonds. The summed E-state index contributed by atoms with van der Waals surface area (Å²) in [6, 6.07) is 12.0. The van der Waals surface area contributed by atoms with Gasteiger partial charge in [0.2, 0.25) is 0 Å². The molecule has 10 heteroatoms. The normalized spacial score (nSPS) is 14.4. The molecule has 0 saturated carbocycles. The largest absolute Gasteiger partial charge is 0.340 e. The number of likely N-dealkylation sites (tertiary alicyclic amines) is 1. The van der Waals surface area contributed by atoms with E-state index in [-0.39, 0.29) is 17.7 Å².